The Labute approximate surface area is 159 Å². The van der Waals surface area contributed by atoms with Crippen LogP contribution in [0.3, 0.4) is 0 Å². The number of hydrogen-bond acceptors (Lipinski definition) is 5. The number of nitrogens with one attached hydrogen (secondary N) is 1. The molecule has 158 valence electrons. The van der Waals surface area contributed by atoms with Crippen molar-refractivity contribution in [3.05, 3.63) is 57.6 Å². The number of nitro benzene ring substituents is 1. The standard InChI is InChI=1S/C15H10F6N2O5S/c1-22-29(26,27)11-2-3-13(12(7-11)23(24)25)28-10-5-8(14(16,17)18)4-9(6-10)15(19,20)21/h2-7,22H,1H3. The number of alkyl halides is 6. The molecule has 0 saturated carbocycles. The van der Waals surface area contributed by atoms with Crippen LogP contribution in [0.25, 0.3) is 0 Å². The normalized spacial score (nSPS) is 12.7. The smallest absolute Gasteiger partial charge is 0.416 e. The SMILES string of the molecule is CNS(=O)(=O)c1ccc(Oc2cc(C(F)(F)F)cc(C(F)(F)F)c2)c([N+](=O)[O-])c1. The van der Waals surface area contributed by atoms with Crippen LogP contribution >= 0.6 is 0 Å². The van der Waals surface area contributed by atoms with Crippen LogP contribution in [0.5, 0.6) is 11.5 Å². The molecule has 0 aliphatic rings. The van der Waals surface area contributed by atoms with Gasteiger partial charge in [-0.05, 0) is 37.4 Å². The minimum atomic E-state index is -5.14. The van der Waals surface area contributed by atoms with Crippen LogP contribution in [0.1, 0.15) is 11.1 Å². The Morgan fingerprint density at radius 1 is 0.966 bits per heavy atom. The van der Waals surface area contributed by atoms with Crippen LogP contribution in [0.4, 0.5) is 32.0 Å². The van der Waals surface area contributed by atoms with E-state index in [-0.39, 0.29) is 18.2 Å². The fourth-order valence-corrected chi connectivity index (χ4v) is 2.87. The van der Waals surface area contributed by atoms with Gasteiger partial charge in [-0.2, -0.15) is 26.3 Å². The molecular formula is C15H10F6N2O5S. The molecule has 2 aromatic carbocycles. The zero-order valence-electron chi connectivity index (χ0n) is 14.1. The molecule has 14 heteroatoms. The first kappa shape index (κ1) is 22.4. The number of nitrogens with zero attached hydrogens (tertiary/aromatic N) is 1. The molecule has 0 heterocycles. The minimum absolute atomic E-state index is 0.135. The molecule has 0 aliphatic carbocycles. The van der Waals surface area contributed by atoms with E-state index in [0.29, 0.717) is 6.07 Å². The number of hydrogen-bond donors (Lipinski definition) is 1. The molecule has 0 atom stereocenters. The average molecular weight is 444 g/mol. The molecular weight excluding hydrogens is 434 g/mol. The fraction of sp³-hybridized carbons (Fsp3) is 0.200. The lowest BCUT2D eigenvalue weighted by atomic mass is 10.1. The lowest BCUT2D eigenvalue weighted by molar-refractivity contribution is -0.385. The van der Waals surface area contributed by atoms with Crippen molar-refractivity contribution in [1.82, 2.24) is 4.72 Å². The number of rotatable bonds is 5. The Hall–Kier alpha value is -2.87. The number of benzene rings is 2. The second kappa shape index (κ2) is 7.51. The van der Waals surface area contributed by atoms with Gasteiger partial charge in [0, 0.05) is 6.07 Å². The summed E-state index contributed by atoms with van der Waals surface area (Å²) in [5.41, 5.74) is -4.34. The molecule has 2 aromatic rings. The maximum atomic E-state index is 12.9. The highest BCUT2D eigenvalue weighted by Gasteiger charge is 2.37. The van der Waals surface area contributed by atoms with Crippen molar-refractivity contribution in [3.63, 3.8) is 0 Å². The van der Waals surface area contributed by atoms with Gasteiger partial charge in [0.2, 0.25) is 15.8 Å². The van der Waals surface area contributed by atoms with Crippen LogP contribution in [0.15, 0.2) is 41.3 Å². The second-order valence-electron chi connectivity index (χ2n) is 5.44. The molecule has 29 heavy (non-hydrogen) atoms. The highest BCUT2D eigenvalue weighted by atomic mass is 32.2. The summed E-state index contributed by atoms with van der Waals surface area (Å²) in [5.74, 6) is -1.73. The van der Waals surface area contributed by atoms with Crippen molar-refractivity contribution >= 4 is 15.7 Å². The highest BCUT2D eigenvalue weighted by Crippen LogP contribution is 2.40. The van der Waals surface area contributed by atoms with Crippen molar-refractivity contribution in [1.29, 1.82) is 0 Å². The topological polar surface area (TPSA) is 98.5 Å². The average Bonchev–Trinajstić information content (AvgIpc) is 2.60. The third kappa shape index (κ3) is 5.14. The zero-order valence-corrected chi connectivity index (χ0v) is 14.9. The van der Waals surface area contributed by atoms with Gasteiger partial charge in [0.15, 0.2) is 0 Å². The molecule has 7 nitrogen and oxygen atoms in total. The molecule has 0 amide bonds. The third-order valence-electron chi connectivity index (χ3n) is 3.50. The van der Waals surface area contributed by atoms with Crippen LogP contribution in [-0.2, 0) is 22.4 Å². The van der Waals surface area contributed by atoms with Crippen LogP contribution in [0.2, 0.25) is 0 Å². The summed E-state index contributed by atoms with van der Waals surface area (Å²) < 4.78 is 108. The number of halogens is 6. The van der Waals surface area contributed by atoms with E-state index in [1.54, 1.807) is 0 Å². The van der Waals surface area contributed by atoms with Gasteiger partial charge in [-0.15, -0.1) is 0 Å². The number of sulfonamides is 1. The summed E-state index contributed by atoms with van der Waals surface area (Å²) in [4.78, 5) is 9.53. The van der Waals surface area contributed by atoms with Gasteiger partial charge < -0.3 is 4.74 Å². The van der Waals surface area contributed by atoms with E-state index < -0.39 is 60.5 Å². The summed E-state index contributed by atoms with van der Waals surface area (Å²) in [5, 5.41) is 11.2. The van der Waals surface area contributed by atoms with Crippen molar-refractivity contribution < 1.29 is 44.4 Å². The first-order valence-electron chi connectivity index (χ1n) is 7.34. The Morgan fingerprint density at radius 3 is 1.90 bits per heavy atom. The molecule has 2 rings (SSSR count). The van der Waals surface area contributed by atoms with Crippen molar-refractivity contribution in [2.24, 2.45) is 0 Å². The Bertz CT molecular complexity index is 1020. The molecule has 1 N–H and O–H groups in total. The maximum Gasteiger partial charge on any atom is 0.416 e. The van der Waals surface area contributed by atoms with E-state index >= 15 is 0 Å². The molecule has 0 radical (unpaired) electrons. The van der Waals surface area contributed by atoms with Gasteiger partial charge in [-0.3, -0.25) is 10.1 Å². The number of ether oxygens (including phenoxy) is 1. The summed E-state index contributed by atoms with van der Waals surface area (Å²) in [6.45, 7) is 0. The summed E-state index contributed by atoms with van der Waals surface area (Å²) in [6, 6.07) is 2.47. The van der Waals surface area contributed by atoms with E-state index in [2.05, 4.69) is 0 Å². The third-order valence-corrected chi connectivity index (χ3v) is 4.91. The van der Waals surface area contributed by atoms with Gasteiger partial charge in [0.05, 0.1) is 20.9 Å². The lowest BCUT2D eigenvalue weighted by Gasteiger charge is -2.15. The number of nitro groups is 1. The van der Waals surface area contributed by atoms with E-state index in [4.69, 9.17) is 4.74 Å². The van der Waals surface area contributed by atoms with E-state index in [1.807, 2.05) is 4.72 Å². The lowest BCUT2D eigenvalue weighted by Crippen LogP contribution is -2.18. The summed E-state index contributed by atoms with van der Waals surface area (Å²) >= 11 is 0. The molecule has 0 unspecified atom stereocenters. The van der Waals surface area contributed by atoms with E-state index in [1.165, 1.54) is 0 Å². The zero-order chi connectivity index (χ0) is 22.2. The van der Waals surface area contributed by atoms with Crippen LogP contribution in [0, 0.1) is 10.1 Å². The Morgan fingerprint density at radius 2 is 1.48 bits per heavy atom. The quantitative estimate of drug-likeness (QED) is 0.421. The van der Waals surface area contributed by atoms with Crippen molar-refractivity contribution in [3.8, 4) is 11.5 Å². The van der Waals surface area contributed by atoms with Gasteiger partial charge in [0.1, 0.15) is 5.75 Å². The maximum absolute atomic E-state index is 12.9. The first-order valence-corrected chi connectivity index (χ1v) is 8.83. The summed E-state index contributed by atoms with van der Waals surface area (Å²) in [7, 11) is -3.07. The molecule has 0 bridgehead atoms. The van der Waals surface area contributed by atoms with Crippen molar-refractivity contribution in [2.45, 2.75) is 17.2 Å². The monoisotopic (exact) mass is 444 g/mol. The predicted molar refractivity (Wildman–Crippen MR) is 85.9 cm³/mol. The van der Waals surface area contributed by atoms with Crippen molar-refractivity contribution in [2.75, 3.05) is 7.05 Å². The van der Waals surface area contributed by atoms with Gasteiger partial charge >= 0.3 is 18.0 Å². The van der Waals surface area contributed by atoms with E-state index in [9.17, 15) is 44.9 Å². The first-order chi connectivity index (χ1) is 13.1. The molecule has 0 fully saturated rings. The minimum Gasteiger partial charge on any atom is -0.450 e. The van der Waals surface area contributed by atoms with E-state index in [0.717, 1.165) is 19.2 Å². The van der Waals surface area contributed by atoms with Gasteiger partial charge in [-0.1, -0.05) is 0 Å². The van der Waals surface area contributed by atoms with Gasteiger partial charge in [0.25, 0.3) is 0 Å². The highest BCUT2D eigenvalue weighted by molar-refractivity contribution is 7.89. The van der Waals surface area contributed by atoms with Crippen LogP contribution < -0.4 is 9.46 Å². The fourth-order valence-electron chi connectivity index (χ4n) is 2.12. The molecule has 0 spiro atoms. The van der Waals surface area contributed by atoms with Crippen LogP contribution in [-0.4, -0.2) is 20.4 Å². The Balaban J connectivity index is 2.60. The molecule has 0 aromatic heterocycles. The second-order valence-corrected chi connectivity index (χ2v) is 7.32. The Kier molecular flexibility index (Phi) is 5.81. The summed E-state index contributed by atoms with van der Waals surface area (Å²) in [6.07, 6.45) is -10.3. The predicted octanol–water partition coefficient (Wildman–Crippen LogP) is 4.33. The molecule has 0 aliphatic heterocycles. The largest absolute Gasteiger partial charge is 0.450 e. The van der Waals surface area contributed by atoms with Gasteiger partial charge in [-0.25, -0.2) is 13.1 Å². The molecule has 0 saturated heterocycles.